The van der Waals surface area contributed by atoms with Crippen LogP contribution in [0.2, 0.25) is 0 Å². The van der Waals surface area contributed by atoms with Crippen LogP contribution in [-0.2, 0) is 4.74 Å². The normalized spacial score (nSPS) is 10.2. The summed E-state index contributed by atoms with van der Waals surface area (Å²) >= 11 is 2.16. The second kappa shape index (κ2) is 6.31. The molecule has 0 aliphatic heterocycles. The Balaban J connectivity index is 2.68. The Morgan fingerprint density at radius 2 is 2.25 bits per heavy atom. The topological polar surface area (TPSA) is 59.9 Å². The van der Waals surface area contributed by atoms with Crippen molar-refractivity contribution in [1.29, 1.82) is 0 Å². The summed E-state index contributed by atoms with van der Waals surface area (Å²) in [5.41, 5.74) is 3.07. The second-order valence-electron chi connectivity index (χ2n) is 2.76. The summed E-state index contributed by atoms with van der Waals surface area (Å²) in [6.45, 7) is 0. The van der Waals surface area contributed by atoms with E-state index in [0.29, 0.717) is 0 Å². The van der Waals surface area contributed by atoms with E-state index in [1.807, 2.05) is 18.2 Å². The summed E-state index contributed by atoms with van der Waals surface area (Å²) < 4.78 is 10.5. The molecular formula is C10H11IN2O3. The average Bonchev–Trinajstić information content (AvgIpc) is 2.29. The van der Waals surface area contributed by atoms with Gasteiger partial charge in [-0.1, -0.05) is 0 Å². The van der Waals surface area contributed by atoms with E-state index < -0.39 is 6.09 Å². The summed E-state index contributed by atoms with van der Waals surface area (Å²) in [6, 6.07) is 5.56. The van der Waals surface area contributed by atoms with Crippen molar-refractivity contribution in [1.82, 2.24) is 5.43 Å². The Morgan fingerprint density at radius 1 is 1.50 bits per heavy atom. The number of carbonyl (C=O) groups is 1. The van der Waals surface area contributed by atoms with Crippen LogP contribution in [-0.4, -0.2) is 26.5 Å². The number of nitrogens with zero attached hydrogens (tertiary/aromatic N) is 1. The molecule has 1 aromatic rings. The summed E-state index contributed by atoms with van der Waals surface area (Å²) in [4.78, 5) is 10.7. The van der Waals surface area contributed by atoms with Gasteiger partial charge in [-0.25, -0.2) is 10.2 Å². The lowest BCUT2D eigenvalue weighted by Gasteiger charge is -2.03. The van der Waals surface area contributed by atoms with Crippen molar-refractivity contribution in [3.05, 3.63) is 27.3 Å². The van der Waals surface area contributed by atoms with E-state index in [2.05, 4.69) is 37.9 Å². The Hall–Kier alpha value is -1.31. The molecule has 1 aromatic carbocycles. The molecule has 1 rings (SSSR count). The first kappa shape index (κ1) is 12.8. The van der Waals surface area contributed by atoms with Gasteiger partial charge in [-0.05, 0) is 46.4 Å². The number of amides is 1. The number of nitrogens with one attached hydrogen (secondary N) is 1. The van der Waals surface area contributed by atoms with Crippen LogP contribution < -0.4 is 10.2 Å². The molecule has 1 amide bonds. The van der Waals surface area contributed by atoms with E-state index in [0.717, 1.165) is 14.9 Å². The molecule has 0 spiro atoms. The molecule has 0 bridgehead atoms. The molecule has 0 heterocycles. The molecule has 86 valence electrons. The molecule has 0 atom stereocenters. The minimum atomic E-state index is -0.598. The van der Waals surface area contributed by atoms with Gasteiger partial charge in [0.15, 0.2) is 0 Å². The van der Waals surface area contributed by atoms with Crippen molar-refractivity contribution in [2.75, 3.05) is 14.2 Å². The highest BCUT2D eigenvalue weighted by molar-refractivity contribution is 14.1. The van der Waals surface area contributed by atoms with Gasteiger partial charge in [-0.2, -0.15) is 5.10 Å². The number of benzene rings is 1. The third-order valence-corrected chi connectivity index (χ3v) is 2.57. The van der Waals surface area contributed by atoms with Gasteiger partial charge < -0.3 is 9.47 Å². The standard InChI is InChI=1S/C10H11IN2O3/c1-15-9-4-3-7(5-8(9)11)6-12-13-10(14)16-2/h3-6H,1-2H3,(H,13,14)/b12-6+. The largest absolute Gasteiger partial charge is 0.496 e. The van der Waals surface area contributed by atoms with Crippen LogP contribution in [0.4, 0.5) is 4.79 Å². The highest BCUT2D eigenvalue weighted by Crippen LogP contribution is 2.20. The molecule has 16 heavy (non-hydrogen) atoms. The van der Waals surface area contributed by atoms with Crippen LogP contribution >= 0.6 is 22.6 Å². The third-order valence-electron chi connectivity index (χ3n) is 1.73. The van der Waals surface area contributed by atoms with Crippen molar-refractivity contribution in [3.8, 4) is 5.75 Å². The fourth-order valence-corrected chi connectivity index (χ4v) is 1.73. The fraction of sp³-hybridized carbons (Fsp3) is 0.200. The Kier molecular flexibility index (Phi) is 5.03. The van der Waals surface area contributed by atoms with Gasteiger partial charge in [0, 0.05) is 0 Å². The number of halogens is 1. The second-order valence-corrected chi connectivity index (χ2v) is 3.92. The molecule has 0 radical (unpaired) electrons. The van der Waals surface area contributed by atoms with Crippen LogP contribution in [0.15, 0.2) is 23.3 Å². The molecule has 0 aliphatic rings. The first-order valence-electron chi connectivity index (χ1n) is 4.38. The van der Waals surface area contributed by atoms with E-state index in [9.17, 15) is 4.79 Å². The fourth-order valence-electron chi connectivity index (χ4n) is 0.968. The van der Waals surface area contributed by atoms with Gasteiger partial charge in [0.1, 0.15) is 5.75 Å². The maximum atomic E-state index is 10.7. The van der Waals surface area contributed by atoms with E-state index in [1.54, 1.807) is 7.11 Å². The third kappa shape index (κ3) is 3.69. The van der Waals surface area contributed by atoms with Crippen molar-refractivity contribution in [2.24, 2.45) is 5.10 Å². The lowest BCUT2D eigenvalue weighted by molar-refractivity contribution is 0.171. The van der Waals surface area contributed by atoms with Gasteiger partial charge in [-0.15, -0.1) is 0 Å². The van der Waals surface area contributed by atoms with Gasteiger partial charge in [-0.3, -0.25) is 0 Å². The molecule has 0 unspecified atom stereocenters. The highest BCUT2D eigenvalue weighted by Gasteiger charge is 1.99. The number of ether oxygens (including phenoxy) is 2. The average molecular weight is 334 g/mol. The van der Waals surface area contributed by atoms with Crippen LogP contribution in [0, 0.1) is 3.57 Å². The predicted octanol–water partition coefficient (Wildman–Crippen LogP) is 1.99. The molecule has 0 fully saturated rings. The van der Waals surface area contributed by atoms with E-state index in [-0.39, 0.29) is 0 Å². The highest BCUT2D eigenvalue weighted by atomic mass is 127. The van der Waals surface area contributed by atoms with Gasteiger partial charge in [0.2, 0.25) is 0 Å². The van der Waals surface area contributed by atoms with Crippen LogP contribution in [0.1, 0.15) is 5.56 Å². The van der Waals surface area contributed by atoms with Crippen molar-refractivity contribution in [2.45, 2.75) is 0 Å². The smallest absolute Gasteiger partial charge is 0.427 e. The Morgan fingerprint density at radius 3 is 2.81 bits per heavy atom. The van der Waals surface area contributed by atoms with E-state index in [4.69, 9.17) is 4.74 Å². The lowest BCUT2D eigenvalue weighted by atomic mass is 10.2. The molecule has 0 aliphatic carbocycles. The number of hydrazone groups is 1. The summed E-state index contributed by atoms with van der Waals surface area (Å²) in [5, 5.41) is 3.72. The summed E-state index contributed by atoms with van der Waals surface area (Å²) in [5.74, 6) is 0.804. The van der Waals surface area contributed by atoms with Crippen LogP contribution in [0.5, 0.6) is 5.75 Å². The number of hydrogen-bond acceptors (Lipinski definition) is 4. The molecular weight excluding hydrogens is 323 g/mol. The van der Waals surface area contributed by atoms with Crippen LogP contribution in [0.25, 0.3) is 0 Å². The number of methoxy groups -OCH3 is 2. The Bertz CT molecular complexity index is 407. The van der Waals surface area contributed by atoms with E-state index >= 15 is 0 Å². The SMILES string of the molecule is COC(=O)N/N=C/c1ccc(OC)c(I)c1. The first-order chi connectivity index (χ1) is 7.67. The zero-order chi connectivity index (χ0) is 12.0. The first-order valence-corrected chi connectivity index (χ1v) is 5.46. The zero-order valence-electron chi connectivity index (χ0n) is 8.86. The number of carbonyl (C=O) groups excluding carboxylic acids is 1. The summed E-state index contributed by atoms with van der Waals surface area (Å²) in [7, 11) is 2.89. The maximum absolute atomic E-state index is 10.7. The quantitative estimate of drug-likeness (QED) is 0.522. The minimum absolute atomic E-state index is 0.598. The van der Waals surface area contributed by atoms with Crippen LogP contribution in [0.3, 0.4) is 0 Å². The minimum Gasteiger partial charge on any atom is -0.496 e. The molecule has 0 aromatic heterocycles. The van der Waals surface area contributed by atoms with Gasteiger partial charge in [0.25, 0.3) is 0 Å². The van der Waals surface area contributed by atoms with Gasteiger partial charge in [0.05, 0.1) is 24.0 Å². The molecule has 1 N–H and O–H groups in total. The number of rotatable bonds is 3. The Labute approximate surface area is 107 Å². The monoisotopic (exact) mass is 334 g/mol. The van der Waals surface area contributed by atoms with Crippen molar-refractivity contribution >= 4 is 34.9 Å². The maximum Gasteiger partial charge on any atom is 0.427 e. The molecule has 0 saturated heterocycles. The molecule has 5 nitrogen and oxygen atoms in total. The number of hydrogen-bond donors (Lipinski definition) is 1. The molecule has 0 saturated carbocycles. The van der Waals surface area contributed by atoms with Crippen molar-refractivity contribution in [3.63, 3.8) is 0 Å². The van der Waals surface area contributed by atoms with E-state index in [1.165, 1.54) is 13.3 Å². The zero-order valence-corrected chi connectivity index (χ0v) is 11.0. The lowest BCUT2D eigenvalue weighted by Crippen LogP contribution is -2.16. The molecule has 6 heteroatoms. The van der Waals surface area contributed by atoms with Gasteiger partial charge >= 0.3 is 6.09 Å². The van der Waals surface area contributed by atoms with Crippen molar-refractivity contribution < 1.29 is 14.3 Å². The summed E-state index contributed by atoms with van der Waals surface area (Å²) in [6.07, 6.45) is 0.929. The predicted molar refractivity (Wildman–Crippen MR) is 68.8 cm³/mol.